The average molecular weight is 136 g/mol. The molecule has 2 rings (SSSR count). The third-order valence-corrected chi connectivity index (χ3v) is 1.15. The van der Waals surface area contributed by atoms with Crippen LogP contribution < -0.4 is 0 Å². The maximum Gasteiger partial charge on any atom is 0.163 e. The van der Waals surface area contributed by atoms with Crippen LogP contribution in [0.1, 0.15) is 0 Å². The van der Waals surface area contributed by atoms with Crippen molar-refractivity contribution in [3.63, 3.8) is 0 Å². The summed E-state index contributed by atoms with van der Waals surface area (Å²) in [5.41, 5.74) is 0.529. The summed E-state index contributed by atoms with van der Waals surface area (Å²) in [6, 6.07) is 2.72. The normalized spacial score (nSPS) is 10.5. The smallest absolute Gasteiger partial charge is 0.163 e. The van der Waals surface area contributed by atoms with Gasteiger partial charge in [-0.1, -0.05) is 0 Å². The molecule has 0 spiro atoms. The number of rotatable bonds is 0. The zero-order chi connectivity index (χ0) is 6.97. The Labute approximate surface area is 56.1 Å². The lowest BCUT2D eigenvalue weighted by Gasteiger charge is -1.88. The first-order valence-electron chi connectivity index (χ1n) is 2.73. The van der Waals surface area contributed by atoms with Gasteiger partial charge >= 0.3 is 0 Å². The van der Waals surface area contributed by atoms with E-state index in [9.17, 15) is 4.39 Å². The topological polar surface area (TPSA) is 30.2 Å². The highest BCUT2D eigenvalue weighted by atomic mass is 19.1. The number of hydrogen-bond acceptors (Lipinski definition) is 2. The molecule has 10 heavy (non-hydrogen) atoms. The zero-order valence-corrected chi connectivity index (χ0v) is 4.95. The number of hydrogen-bond donors (Lipinski definition) is 0. The second kappa shape index (κ2) is 1.76. The second-order valence-corrected chi connectivity index (χ2v) is 1.83. The Morgan fingerprint density at radius 1 is 1.60 bits per heavy atom. The molecule has 2 aromatic rings. The summed E-state index contributed by atoms with van der Waals surface area (Å²) in [5.74, 6) is -0.399. The molecule has 0 saturated carbocycles. The van der Waals surface area contributed by atoms with E-state index in [1.54, 1.807) is 0 Å². The summed E-state index contributed by atoms with van der Waals surface area (Å²) in [5, 5.41) is 3.74. The summed E-state index contributed by atoms with van der Waals surface area (Å²) in [7, 11) is 0. The highest BCUT2D eigenvalue weighted by Crippen LogP contribution is 1.97. The average Bonchev–Trinajstić information content (AvgIpc) is 2.33. The Balaban J connectivity index is 2.86. The molecule has 0 bridgehead atoms. The minimum atomic E-state index is -0.399. The Morgan fingerprint density at radius 3 is 3.40 bits per heavy atom. The van der Waals surface area contributed by atoms with Crippen molar-refractivity contribution in [3.05, 3.63) is 30.5 Å². The van der Waals surface area contributed by atoms with E-state index >= 15 is 0 Å². The quantitative estimate of drug-likeness (QED) is 0.532. The molecule has 0 saturated heterocycles. The molecule has 49 valence electrons. The predicted molar refractivity (Wildman–Crippen MR) is 31.8 cm³/mol. The van der Waals surface area contributed by atoms with Crippen LogP contribution in [0, 0.1) is 11.9 Å². The standard InChI is InChI=1S/C6H3FN3/c7-5-3-8-6-1-2-9-10(6)4-5/h2-4H. The van der Waals surface area contributed by atoms with E-state index in [0.717, 1.165) is 6.20 Å². The summed E-state index contributed by atoms with van der Waals surface area (Å²) in [4.78, 5) is 3.71. The molecule has 2 heterocycles. The van der Waals surface area contributed by atoms with Crippen molar-refractivity contribution in [1.82, 2.24) is 14.6 Å². The fourth-order valence-corrected chi connectivity index (χ4v) is 0.733. The van der Waals surface area contributed by atoms with Crippen LogP contribution in [-0.2, 0) is 0 Å². The Bertz CT molecular complexity index is 355. The van der Waals surface area contributed by atoms with Crippen LogP contribution in [0.25, 0.3) is 5.65 Å². The van der Waals surface area contributed by atoms with E-state index in [1.165, 1.54) is 16.9 Å². The first kappa shape index (κ1) is 5.34. The minimum Gasteiger partial charge on any atom is -0.233 e. The molecule has 0 atom stereocenters. The molecule has 1 radical (unpaired) electrons. The van der Waals surface area contributed by atoms with Crippen molar-refractivity contribution < 1.29 is 4.39 Å². The molecule has 0 aliphatic heterocycles. The molecule has 0 aliphatic carbocycles. The van der Waals surface area contributed by atoms with Crippen molar-refractivity contribution in [2.75, 3.05) is 0 Å². The monoisotopic (exact) mass is 136 g/mol. The lowest BCUT2D eigenvalue weighted by atomic mass is 10.6. The zero-order valence-electron chi connectivity index (χ0n) is 4.95. The second-order valence-electron chi connectivity index (χ2n) is 1.83. The largest absolute Gasteiger partial charge is 0.233 e. The van der Waals surface area contributed by atoms with Gasteiger partial charge in [-0.15, -0.1) is 0 Å². The van der Waals surface area contributed by atoms with Crippen LogP contribution in [0.5, 0.6) is 0 Å². The lowest BCUT2D eigenvalue weighted by Crippen LogP contribution is -1.90. The maximum atomic E-state index is 12.4. The fourth-order valence-electron chi connectivity index (χ4n) is 0.733. The minimum absolute atomic E-state index is 0.399. The molecular formula is C6H3FN3. The van der Waals surface area contributed by atoms with Crippen LogP contribution in [0.4, 0.5) is 4.39 Å². The van der Waals surface area contributed by atoms with Crippen LogP contribution in [-0.4, -0.2) is 14.6 Å². The number of halogens is 1. The molecule has 3 nitrogen and oxygen atoms in total. The van der Waals surface area contributed by atoms with Crippen LogP contribution in [0.3, 0.4) is 0 Å². The van der Waals surface area contributed by atoms with Crippen molar-refractivity contribution in [1.29, 1.82) is 0 Å². The molecule has 0 amide bonds. The van der Waals surface area contributed by atoms with Gasteiger partial charge in [0.2, 0.25) is 0 Å². The lowest BCUT2D eigenvalue weighted by molar-refractivity contribution is 0.607. The van der Waals surface area contributed by atoms with Gasteiger partial charge in [0.05, 0.1) is 24.7 Å². The van der Waals surface area contributed by atoms with E-state index in [-0.39, 0.29) is 0 Å². The molecular weight excluding hydrogens is 133 g/mol. The van der Waals surface area contributed by atoms with Crippen LogP contribution in [0.2, 0.25) is 0 Å². The van der Waals surface area contributed by atoms with Gasteiger partial charge in [0.1, 0.15) is 0 Å². The van der Waals surface area contributed by atoms with Crippen molar-refractivity contribution >= 4 is 5.65 Å². The van der Waals surface area contributed by atoms with Crippen molar-refractivity contribution in [2.24, 2.45) is 0 Å². The van der Waals surface area contributed by atoms with Crippen LogP contribution >= 0.6 is 0 Å². The summed E-state index contributed by atoms with van der Waals surface area (Å²) in [6.07, 6.45) is 3.83. The van der Waals surface area contributed by atoms with Gasteiger partial charge in [0, 0.05) is 0 Å². The summed E-state index contributed by atoms with van der Waals surface area (Å²) in [6.45, 7) is 0. The Hall–Kier alpha value is -1.45. The van der Waals surface area contributed by atoms with E-state index in [1.807, 2.05) is 0 Å². The molecule has 0 fully saturated rings. The van der Waals surface area contributed by atoms with Crippen molar-refractivity contribution in [2.45, 2.75) is 0 Å². The molecule has 0 N–H and O–H groups in total. The first-order valence-corrected chi connectivity index (χ1v) is 2.73. The highest BCUT2D eigenvalue weighted by molar-refractivity contribution is 5.32. The Kier molecular flexibility index (Phi) is 0.943. The third kappa shape index (κ3) is 0.655. The highest BCUT2D eigenvalue weighted by Gasteiger charge is 1.94. The molecule has 0 aliphatic rings. The SMILES string of the molecule is Fc1cnc2[c]cnn2c1. The molecule has 0 aromatic carbocycles. The summed E-state index contributed by atoms with van der Waals surface area (Å²) < 4.78 is 13.7. The fraction of sp³-hybridized carbons (Fsp3) is 0. The van der Waals surface area contributed by atoms with Gasteiger partial charge in [-0.3, -0.25) is 0 Å². The molecule has 4 heteroatoms. The van der Waals surface area contributed by atoms with E-state index < -0.39 is 5.82 Å². The van der Waals surface area contributed by atoms with Crippen LogP contribution in [0.15, 0.2) is 18.6 Å². The van der Waals surface area contributed by atoms with Gasteiger partial charge in [-0.25, -0.2) is 13.9 Å². The maximum absolute atomic E-state index is 12.4. The van der Waals surface area contributed by atoms with Gasteiger partial charge in [0.25, 0.3) is 0 Å². The van der Waals surface area contributed by atoms with Crippen molar-refractivity contribution in [3.8, 4) is 0 Å². The number of aromatic nitrogens is 3. The van der Waals surface area contributed by atoms with Gasteiger partial charge < -0.3 is 0 Å². The predicted octanol–water partition coefficient (Wildman–Crippen LogP) is 0.669. The number of nitrogens with zero attached hydrogens (tertiary/aromatic N) is 3. The van der Waals surface area contributed by atoms with E-state index in [2.05, 4.69) is 16.1 Å². The third-order valence-electron chi connectivity index (χ3n) is 1.15. The first-order chi connectivity index (χ1) is 4.86. The van der Waals surface area contributed by atoms with Gasteiger partial charge in [0.15, 0.2) is 11.5 Å². The molecule has 2 aromatic heterocycles. The molecule has 0 unspecified atom stereocenters. The van der Waals surface area contributed by atoms with E-state index in [0.29, 0.717) is 5.65 Å². The van der Waals surface area contributed by atoms with Gasteiger partial charge in [-0.2, -0.15) is 5.10 Å². The number of fused-ring (bicyclic) bond motifs is 1. The van der Waals surface area contributed by atoms with Gasteiger partial charge in [-0.05, 0) is 0 Å². The summed E-state index contributed by atoms with van der Waals surface area (Å²) >= 11 is 0. The Morgan fingerprint density at radius 2 is 2.50 bits per heavy atom. The van der Waals surface area contributed by atoms with E-state index in [4.69, 9.17) is 0 Å².